The lowest BCUT2D eigenvalue weighted by molar-refractivity contribution is 1.03. The van der Waals surface area contributed by atoms with E-state index < -0.39 is 0 Å². The average Bonchev–Trinajstić information content (AvgIpc) is 3.25. The van der Waals surface area contributed by atoms with Crippen LogP contribution >= 0.6 is 0 Å². The molecule has 0 spiro atoms. The molecule has 0 bridgehead atoms. The summed E-state index contributed by atoms with van der Waals surface area (Å²) in [6.07, 6.45) is 8.53. The van der Waals surface area contributed by atoms with Gasteiger partial charge < -0.3 is 4.98 Å². The van der Waals surface area contributed by atoms with E-state index in [1.165, 1.54) is 43.7 Å². The number of fused-ring (bicyclic) bond motifs is 5. The van der Waals surface area contributed by atoms with Crippen molar-refractivity contribution in [2.75, 3.05) is 0 Å². The predicted octanol–water partition coefficient (Wildman–Crippen LogP) is 4.27. The topological polar surface area (TPSA) is 28.1 Å². The van der Waals surface area contributed by atoms with Crippen LogP contribution in [-0.4, -0.2) is 11.0 Å². The summed E-state index contributed by atoms with van der Waals surface area (Å²) >= 11 is 0. The number of benzene rings is 3. The van der Waals surface area contributed by atoms with E-state index in [1.54, 1.807) is 0 Å². The van der Waals surface area contributed by atoms with Crippen molar-refractivity contribution in [3.05, 3.63) is 95.5 Å². The molecule has 0 saturated heterocycles. The number of hydrogen-bond donors (Lipinski definition) is 1. The molecule has 6 rings (SSSR count). The van der Waals surface area contributed by atoms with Gasteiger partial charge in [0.25, 0.3) is 0 Å². The SMILES string of the molecule is C1=CC2=c3cccc(-c4ccc5c(c4)[nH]c4ccccc45)c3=NC2C=C1. The van der Waals surface area contributed by atoms with Gasteiger partial charge in [-0.2, -0.15) is 0 Å². The fourth-order valence-corrected chi connectivity index (χ4v) is 4.20. The Morgan fingerprint density at radius 2 is 1.73 bits per heavy atom. The molecular weight excluding hydrogens is 316 g/mol. The zero-order chi connectivity index (χ0) is 17.1. The molecule has 1 unspecified atom stereocenters. The Bertz CT molecular complexity index is 1380. The normalized spacial score (nSPS) is 17.5. The zero-order valence-corrected chi connectivity index (χ0v) is 14.1. The summed E-state index contributed by atoms with van der Waals surface area (Å²) in [5, 5.41) is 4.90. The molecule has 26 heavy (non-hydrogen) atoms. The van der Waals surface area contributed by atoms with Crippen LogP contribution < -0.4 is 10.6 Å². The molecule has 122 valence electrons. The van der Waals surface area contributed by atoms with E-state index in [2.05, 4.69) is 90.0 Å². The van der Waals surface area contributed by atoms with Crippen LogP contribution in [0, 0.1) is 0 Å². The number of rotatable bonds is 1. The highest BCUT2D eigenvalue weighted by Gasteiger charge is 2.18. The van der Waals surface area contributed by atoms with Crippen LogP contribution in [0.5, 0.6) is 0 Å². The molecule has 4 aromatic rings. The molecule has 1 aliphatic carbocycles. The predicted molar refractivity (Wildman–Crippen MR) is 107 cm³/mol. The number of aromatic nitrogens is 1. The van der Waals surface area contributed by atoms with Gasteiger partial charge in [0.1, 0.15) is 0 Å². The van der Waals surface area contributed by atoms with Crippen molar-refractivity contribution >= 4 is 27.4 Å². The number of H-pyrrole nitrogens is 1. The van der Waals surface area contributed by atoms with Gasteiger partial charge in [-0.15, -0.1) is 0 Å². The largest absolute Gasteiger partial charge is 0.354 e. The summed E-state index contributed by atoms with van der Waals surface area (Å²) in [5.41, 5.74) is 6.06. The minimum absolute atomic E-state index is 0.160. The molecule has 2 heteroatoms. The van der Waals surface area contributed by atoms with E-state index in [0.29, 0.717) is 0 Å². The van der Waals surface area contributed by atoms with Crippen LogP contribution in [0.1, 0.15) is 0 Å². The van der Waals surface area contributed by atoms with Crippen molar-refractivity contribution in [3.63, 3.8) is 0 Å². The minimum atomic E-state index is 0.160. The Balaban J connectivity index is 1.63. The van der Waals surface area contributed by atoms with E-state index >= 15 is 0 Å². The second-order valence-corrected chi connectivity index (χ2v) is 6.91. The van der Waals surface area contributed by atoms with Crippen LogP contribution in [0.3, 0.4) is 0 Å². The Kier molecular flexibility index (Phi) is 2.69. The quantitative estimate of drug-likeness (QED) is 0.539. The standard InChI is InChI=1S/C24H16N2/c1-3-10-21-17(6-1)19-13-12-15(14-23(19)25-21)16-8-5-9-20-18-7-2-4-11-22(18)26-24(16)20/h1-14,22,25H. The Labute approximate surface area is 150 Å². The summed E-state index contributed by atoms with van der Waals surface area (Å²) in [7, 11) is 0. The zero-order valence-electron chi connectivity index (χ0n) is 14.1. The van der Waals surface area contributed by atoms with Crippen LogP contribution in [0.2, 0.25) is 0 Å². The first-order chi connectivity index (χ1) is 12.9. The Hall–Kier alpha value is -3.39. The average molecular weight is 332 g/mol. The van der Waals surface area contributed by atoms with Crippen LogP contribution in [0.15, 0.2) is 90.0 Å². The highest BCUT2D eigenvalue weighted by atomic mass is 14.8. The lowest BCUT2D eigenvalue weighted by Crippen LogP contribution is -2.24. The van der Waals surface area contributed by atoms with Gasteiger partial charge in [0.2, 0.25) is 0 Å². The van der Waals surface area contributed by atoms with Gasteiger partial charge in [-0.1, -0.05) is 72.8 Å². The van der Waals surface area contributed by atoms with E-state index in [0.717, 1.165) is 5.36 Å². The Morgan fingerprint density at radius 1 is 0.808 bits per heavy atom. The van der Waals surface area contributed by atoms with E-state index in [1.807, 2.05) is 0 Å². The van der Waals surface area contributed by atoms with Crippen LogP contribution in [-0.2, 0) is 0 Å². The van der Waals surface area contributed by atoms with Crippen molar-refractivity contribution in [1.29, 1.82) is 0 Å². The summed E-state index contributed by atoms with van der Waals surface area (Å²) in [4.78, 5) is 8.54. The molecule has 1 aromatic heterocycles. The number of nitrogens with one attached hydrogen (secondary N) is 1. The van der Waals surface area contributed by atoms with Crippen molar-refractivity contribution < 1.29 is 0 Å². The first-order valence-electron chi connectivity index (χ1n) is 8.95. The third-order valence-electron chi connectivity index (χ3n) is 5.43. The number of allylic oxidation sites excluding steroid dienone is 2. The molecule has 0 radical (unpaired) electrons. The van der Waals surface area contributed by atoms with Crippen LogP contribution in [0.4, 0.5) is 0 Å². The minimum Gasteiger partial charge on any atom is -0.354 e. The van der Waals surface area contributed by atoms with E-state index in [4.69, 9.17) is 4.99 Å². The second kappa shape index (κ2) is 5.06. The van der Waals surface area contributed by atoms with Gasteiger partial charge in [-0.05, 0) is 23.3 Å². The fourth-order valence-electron chi connectivity index (χ4n) is 4.20. The summed E-state index contributed by atoms with van der Waals surface area (Å²) < 4.78 is 0. The highest BCUT2D eigenvalue weighted by Crippen LogP contribution is 2.29. The maximum atomic E-state index is 4.99. The summed E-state index contributed by atoms with van der Waals surface area (Å²) in [6, 6.07) is 21.8. The maximum absolute atomic E-state index is 4.99. The highest BCUT2D eigenvalue weighted by molar-refractivity contribution is 6.08. The Morgan fingerprint density at radius 3 is 2.73 bits per heavy atom. The van der Waals surface area contributed by atoms with E-state index in [-0.39, 0.29) is 6.04 Å². The van der Waals surface area contributed by atoms with E-state index in [9.17, 15) is 0 Å². The molecule has 0 saturated carbocycles. The molecule has 2 nitrogen and oxygen atoms in total. The number of nitrogens with zero attached hydrogens (tertiary/aromatic N) is 1. The number of para-hydroxylation sites is 2. The molecule has 2 aliphatic rings. The molecule has 0 amide bonds. The smallest absolute Gasteiger partial charge is 0.0947 e. The first-order valence-corrected chi connectivity index (χ1v) is 8.95. The monoisotopic (exact) mass is 332 g/mol. The molecule has 2 heterocycles. The molecule has 0 fully saturated rings. The number of hydrogen-bond acceptors (Lipinski definition) is 1. The lowest BCUT2D eigenvalue weighted by Gasteiger charge is -2.06. The summed E-state index contributed by atoms with van der Waals surface area (Å²) in [6.45, 7) is 0. The van der Waals surface area contributed by atoms with Gasteiger partial charge in [-0.25, -0.2) is 0 Å². The van der Waals surface area contributed by atoms with Crippen molar-refractivity contribution in [3.8, 4) is 11.1 Å². The first kappa shape index (κ1) is 13.9. The lowest BCUT2D eigenvalue weighted by atomic mass is 9.99. The van der Waals surface area contributed by atoms with Gasteiger partial charge in [-0.3, -0.25) is 4.99 Å². The second-order valence-electron chi connectivity index (χ2n) is 6.91. The van der Waals surface area contributed by atoms with Gasteiger partial charge in [0, 0.05) is 32.6 Å². The molecule has 1 atom stereocenters. The van der Waals surface area contributed by atoms with Crippen molar-refractivity contribution in [2.24, 2.45) is 4.99 Å². The van der Waals surface area contributed by atoms with Crippen molar-refractivity contribution in [1.82, 2.24) is 4.98 Å². The maximum Gasteiger partial charge on any atom is 0.0947 e. The summed E-state index contributed by atoms with van der Waals surface area (Å²) in [5.74, 6) is 0. The van der Waals surface area contributed by atoms with Gasteiger partial charge in [0.15, 0.2) is 0 Å². The van der Waals surface area contributed by atoms with Crippen LogP contribution in [0.25, 0.3) is 38.5 Å². The third-order valence-corrected chi connectivity index (χ3v) is 5.43. The van der Waals surface area contributed by atoms with Crippen molar-refractivity contribution in [2.45, 2.75) is 6.04 Å². The number of aromatic amines is 1. The molecule has 3 aromatic carbocycles. The van der Waals surface area contributed by atoms with Gasteiger partial charge >= 0.3 is 0 Å². The molecule has 1 N–H and O–H groups in total. The fraction of sp³-hybridized carbons (Fsp3) is 0.0417. The third kappa shape index (κ3) is 1.84. The van der Waals surface area contributed by atoms with Gasteiger partial charge in [0.05, 0.1) is 11.4 Å². The molecular formula is C24H16N2. The molecule has 1 aliphatic heterocycles.